The molecule has 3 aliphatic rings. The number of para-hydroxylation sites is 1. The fraction of sp³-hybridized carbons (Fsp3) is 0.477. The van der Waals surface area contributed by atoms with Crippen molar-refractivity contribution in [3.8, 4) is 0 Å². The van der Waals surface area contributed by atoms with Gasteiger partial charge in [0.05, 0.1) is 49.7 Å². The van der Waals surface area contributed by atoms with Crippen LogP contribution in [0.15, 0.2) is 59.4 Å². The van der Waals surface area contributed by atoms with Crippen LogP contribution in [0.3, 0.4) is 0 Å². The Balaban J connectivity index is 0.900. The first-order chi connectivity index (χ1) is 28.9. The molecule has 3 aromatic carbocycles. The van der Waals surface area contributed by atoms with E-state index in [1.54, 1.807) is 39.1 Å². The molecule has 12 nitrogen and oxygen atoms in total. The van der Waals surface area contributed by atoms with Crippen LogP contribution in [0.5, 0.6) is 0 Å². The molecule has 2 aliphatic heterocycles. The Bertz CT molecular complexity index is 2570. The summed E-state index contributed by atoms with van der Waals surface area (Å²) in [5.41, 5.74) is 0.460. The minimum Gasteiger partial charge on any atom is -0.386 e. The molecule has 4 heterocycles. The topological polar surface area (TPSA) is 142 Å². The van der Waals surface area contributed by atoms with E-state index in [9.17, 15) is 37.5 Å². The van der Waals surface area contributed by atoms with Crippen molar-refractivity contribution in [2.24, 2.45) is 13.0 Å². The van der Waals surface area contributed by atoms with Crippen LogP contribution in [-0.2, 0) is 28.4 Å². The number of benzene rings is 3. The first kappa shape index (κ1) is 42.6. The van der Waals surface area contributed by atoms with Gasteiger partial charge in [-0.05, 0) is 108 Å². The maximum Gasteiger partial charge on any atom is 0.416 e. The van der Waals surface area contributed by atoms with Gasteiger partial charge < -0.3 is 20.2 Å². The summed E-state index contributed by atoms with van der Waals surface area (Å²) in [6.45, 7) is 4.64. The molecule has 324 valence electrons. The number of thiazole rings is 1. The largest absolute Gasteiger partial charge is 0.416 e. The lowest BCUT2D eigenvalue weighted by atomic mass is 9.81. The van der Waals surface area contributed by atoms with Crippen molar-refractivity contribution in [3.63, 3.8) is 0 Å². The van der Waals surface area contributed by atoms with E-state index in [-0.39, 0.29) is 48.5 Å². The van der Waals surface area contributed by atoms with Gasteiger partial charge in [0.15, 0.2) is 0 Å². The number of halogens is 4. The number of imidazole rings is 1. The van der Waals surface area contributed by atoms with Crippen LogP contribution in [0.25, 0.3) is 21.3 Å². The zero-order chi connectivity index (χ0) is 43.5. The van der Waals surface area contributed by atoms with E-state index in [2.05, 4.69) is 15.5 Å². The van der Waals surface area contributed by atoms with Crippen molar-refractivity contribution in [1.29, 1.82) is 0 Å². The van der Waals surface area contributed by atoms with Gasteiger partial charge in [-0.3, -0.25) is 28.8 Å². The summed E-state index contributed by atoms with van der Waals surface area (Å²) < 4.78 is 59.9. The molecular formula is C44H49F4N7O5S. The number of amides is 3. The first-order valence-electron chi connectivity index (χ1n) is 20.7. The van der Waals surface area contributed by atoms with E-state index in [1.165, 1.54) is 32.6 Å². The molecule has 17 heteroatoms. The van der Waals surface area contributed by atoms with Crippen molar-refractivity contribution in [3.05, 3.63) is 86.8 Å². The summed E-state index contributed by atoms with van der Waals surface area (Å²) >= 11 is 1.51. The Kier molecular flexibility index (Phi) is 11.4. The Morgan fingerprint density at radius 1 is 1.02 bits per heavy atom. The van der Waals surface area contributed by atoms with Crippen molar-refractivity contribution in [2.45, 2.75) is 94.7 Å². The number of nitrogens with one attached hydrogen (secondary N) is 2. The molecule has 1 unspecified atom stereocenters. The second-order valence-electron chi connectivity index (χ2n) is 17.3. The fourth-order valence-corrected chi connectivity index (χ4v) is 10.6. The number of aliphatic hydroxyl groups is 1. The van der Waals surface area contributed by atoms with E-state index >= 15 is 4.39 Å². The SMILES string of the molecule is CN(CC1CCC(c2nc3cc(C(C)(C)O)c(NC(=O)c4cccc(C(F)(F)F)c4)cc3s2)CC1)[C@H]1CCN(c2cccc3c2n(C)c(=O)n3C2CCC(=O)NC2=O)C[C@H]1F. The summed E-state index contributed by atoms with van der Waals surface area (Å²) in [6, 6.07) is 12.1. The number of imide groups is 1. The summed E-state index contributed by atoms with van der Waals surface area (Å²) in [4.78, 5) is 60.2. The van der Waals surface area contributed by atoms with Gasteiger partial charge in [0.2, 0.25) is 11.8 Å². The highest BCUT2D eigenvalue weighted by Gasteiger charge is 2.37. The molecule has 0 spiro atoms. The Hall–Kier alpha value is -5.13. The van der Waals surface area contributed by atoms with Crippen molar-refractivity contribution >= 4 is 61.7 Å². The summed E-state index contributed by atoms with van der Waals surface area (Å²) in [6.07, 6.45) is -1.11. The number of nitrogens with zero attached hydrogens (tertiary/aromatic N) is 5. The number of carbonyl (C=O) groups is 3. The molecule has 1 saturated carbocycles. The van der Waals surface area contributed by atoms with Gasteiger partial charge in [-0.15, -0.1) is 11.3 Å². The van der Waals surface area contributed by atoms with Gasteiger partial charge in [-0.2, -0.15) is 13.2 Å². The maximum atomic E-state index is 16.2. The van der Waals surface area contributed by atoms with E-state index in [0.29, 0.717) is 46.7 Å². The monoisotopic (exact) mass is 863 g/mol. The first-order valence-corrected chi connectivity index (χ1v) is 21.5. The summed E-state index contributed by atoms with van der Waals surface area (Å²) in [5, 5.41) is 17.0. The average molecular weight is 864 g/mol. The minimum atomic E-state index is -4.60. The van der Waals surface area contributed by atoms with E-state index in [0.717, 1.165) is 59.8 Å². The smallest absolute Gasteiger partial charge is 0.386 e. The molecule has 2 saturated heterocycles. The predicted octanol–water partition coefficient (Wildman–Crippen LogP) is 7.25. The minimum absolute atomic E-state index is 0.144. The van der Waals surface area contributed by atoms with Crippen LogP contribution in [0.4, 0.5) is 28.9 Å². The highest BCUT2D eigenvalue weighted by atomic mass is 32.1. The Labute approximate surface area is 353 Å². The molecular weight excluding hydrogens is 815 g/mol. The number of carbonyl (C=O) groups excluding carboxylic acids is 3. The molecule has 3 N–H and O–H groups in total. The van der Waals surface area contributed by atoms with Crippen LogP contribution in [0.2, 0.25) is 0 Å². The number of piperidine rings is 2. The maximum absolute atomic E-state index is 16.2. The number of rotatable bonds is 9. The van der Waals surface area contributed by atoms with E-state index in [1.807, 2.05) is 24.1 Å². The second kappa shape index (κ2) is 16.3. The molecule has 3 atom stereocenters. The molecule has 61 heavy (non-hydrogen) atoms. The summed E-state index contributed by atoms with van der Waals surface area (Å²) in [7, 11) is 3.64. The number of alkyl halides is 4. The van der Waals surface area contributed by atoms with E-state index in [4.69, 9.17) is 4.98 Å². The average Bonchev–Trinajstić information content (AvgIpc) is 3.74. The number of hydrogen-bond acceptors (Lipinski definition) is 9. The molecule has 1 aliphatic carbocycles. The Morgan fingerprint density at radius 2 is 1.75 bits per heavy atom. The lowest BCUT2D eigenvalue weighted by Gasteiger charge is -2.42. The van der Waals surface area contributed by atoms with Gasteiger partial charge in [0.25, 0.3) is 5.91 Å². The zero-order valence-corrected chi connectivity index (χ0v) is 35.2. The number of aryl methyl sites for hydroxylation is 1. The predicted molar refractivity (Wildman–Crippen MR) is 226 cm³/mol. The molecule has 3 fully saturated rings. The van der Waals surface area contributed by atoms with Crippen molar-refractivity contribution in [1.82, 2.24) is 24.3 Å². The molecule has 5 aromatic rings. The van der Waals surface area contributed by atoms with Crippen LogP contribution in [0.1, 0.15) is 97.2 Å². The van der Waals surface area contributed by atoms with Gasteiger partial charge in [0, 0.05) is 55.3 Å². The quantitative estimate of drug-likeness (QED) is 0.104. The fourth-order valence-electron chi connectivity index (χ4n) is 9.45. The van der Waals surface area contributed by atoms with Gasteiger partial charge in [-0.1, -0.05) is 12.1 Å². The van der Waals surface area contributed by atoms with Gasteiger partial charge in [-0.25, -0.2) is 14.2 Å². The van der Waals surface area contributed by atoms with Crippen molar-refractivity contribution in [2.75, 3.05) is 36.9 Å². The standard InChI is InChI=1S/C44H49F4N7O5S/c1-43(2,60)28-20-31-36(21-30(28)49-39(57)26-7-5-8-27(19-26)44(46,47)48)61-41(50-31)25-13-11-24(12-14-25)22-52(3)32-17-18-54(23-29(32)45)33-9-6-10-34-38(33)53(4)42(59)55(34)35-15-16-37(56)51-40(35)58/h5-10,19-21,24-25,29,32,35,60H,11-18,22-23H2,1-4H3,(H,49,57)(H,51,56,58)/t24?,25?,29-,32+,35?/m1/s1. The van der Waals surface area contributed by atoms with Gasteiger partial charge >= 0.3 is 11.9 Å². The number of anilines is 2. The number of fused-ring (bicyclic) bond motifs is 2. The van der Waals surface area contributed by atoms with Gasteiger partial charge in [0.1, 0.15) is 12.2 Å². The second-order valence-corrected chi connectivity index (χ2v) is 18.4. The lowest BCUT2D eigenvalue weighted by molar-refractivity contribution is -0.138. The highest BCUT2D eigenvalue weighted by Crippen LogP contribution is 2.42. The number of hydrogen-bond donors (Lipinski definition) is 3. The molecule has 8 rings (SSSR count). The van der Waals surface area contributed by atoms with Crippen LogP contribution in [-0.4, -0.2) is 80.7 Å². The highest BCUT2D eigenvalue weighted by molar-refractivity contribution is 7.18. The van der Waals surface area contributed by atoms with Crippen molar-refractivity contribution < 1.29 is 37.1 Å². The molecule has 2 aromatic heterocycles. The molecule has 0 bridgehead atoms. The lowest BCUT2D eigenvalue weighted by Crippen LogP contribution is -2.52. The third-order valence-electron chi connectivity index (χ3n) is 12.7. The van der Waals surface area contributed by atoms with Crippen LogP contribution in [0, 0.1) is 5.92 Å². The molecule has 0 radical (unpaired) electrons. The van der Waals surface area contributed by atoms with E-state index < -0.39 is 41.4 Å². The molecule has 3 amide bonds. The normalized spacial score (nSPS) is 22.9. The van der Waals surface area contributed by atoms with Crippen LogP contribution >= 0.6 is 11.3 Å². The third kappa shape index (κ3) is 8.43. The third-order valence-corrected chi connectivity index (χ3v) is 13.8. The zero-order valence-electron chi connectivity index (χ0n) is 34.4. The Morgan fingerprint density at radius 3 is 2.44 bits per heavy atom. The number of aromatic nitrogens is 3. The summed E-state index contributed by atoms with van der Waals surface area (Å²) in [5.74, 6) is -1.01. The van der Waals surface area contributed by atoms with Crippen LogP contribution < -0.4 is 21.2 Å².